The standard InChI is InChI=1S/C20H28N2O3/c1-2-7-19(23)21-12-6-13-22(15-14-21)20(24)17-10-3-4-11-18(17)25-16-8-5-9-16/h3-4,10-11,16H,2,5-9,12-15H2,1H3. The van der Waals surface area contributed by atoms with Crippen molar-refractivity contribution in [1.29, 1.82) is 0 Å². The van der Waals surface area contributed by atoms with Crippen molar-refractivity contribution >= 4 is 11.8 Å². The third kappa shape index (κ3) is 4.33. The minimum absolute atomic E-state index is 0.0136. The number of nitrogens with zero attached hydrogens (tertiary/aromatic N) is 2. The van der Waals surface area contributed by atoms with E-state index in [4.69, 9.17) is 4.74 Å². The number of carbonyl (C=O) groups is 2. The van der Waals surface area contributed by atoms with Gasteiger partial charge in [0.2, 0.25) is 5.91 Å². The molecular weight excluding hydrogens is 316 g/mol. The van der Waals surface area contributed by atoms with Crippen LogP contribution >= 0.6 is 0 Å². The monoisotopic (exact) mass is 344 g/mol. The Balaban J connectivity index is 1.65. The topological polar surface area (TPSA) is 49.9 Å². The summed E-state index contributed by atoms with van der Waals surface area (Å²) in [6, 6.07) is 7.54. The van der Waals surface area contributed by atoms with E-state index in [2.05, 4.69) is 0 Å². The van der Waals surface area contributed by atoms with Gasteiger partial charge in [-0.2, -0.15) is 0 Å². The molecule has 3 rings (SSSR count). The van der Waals surface area contributed by atoms with Crippen LogP contribution in [0.1, 0.15) is 55.8 Å². The van der Waals surface area contributed by atoms with Crippen LogP contribution in [0, 0.1) is 0 Å². The molecule has 0 bridgehead atoms. The van der Waals surface area contributed by atoms with Crippen LogP contribution in [0.15, 0.2) is 24.3 Å². The van der Waals surface area contributed by atoms with Crippen molar-refractivity contribution < 1.29 is 14.3 Å². The molecule has 5 nitrogen and oxygen atoms in total. The highest BCUT2D eigenvalue weighted by Crippen LogP contribution is 2.28. The maximum Gasteiger partial charge on any atom is 0.257 e. The van der Waals surface area contributed by atoms with E-state index < -0.39 is 0 Å². The average Bonchev–Trinajstić information content (AvgIpc) is 2.84. The lowest BCUT2D eigenvalue weighted by molar-refractivity contribution is -0.131. The summed E-state index contributed by atoms with van der Waals surface area (Å²) in [6.07, 6.45) is 5.87. The molecule has 2 amide bonds. The summed E-state index contributed by atoms with van der Waals surface area (Å²) >= 11 is 0. The Morgan fingerprint density at radius 1 is 1.04 bits per heavy atom. The molecular formula is C20H28N2O3. The number of amides is 2. The van der Waals surface area contributed by atoms with Crippen molar-refractivity contribution in [2.75, 3.05) is 26.2 Å². The van der Waals surface area contributed by atoms with Crippen LogP contribution in [-0.2, 0) is 4.79 Å². The van der Waals surface area contributed by atoms with Gasteiger partial charge in [0.1, 0.15) is 5.75 Å². The quantitative estimate of drug-likeness (QED) is 0.825. The van der Waals surface area contributed by atoms with E-state index in [0.29, 0.717) is 37.4 Å². The molecule has 0 N–H and O–H groups in total. The molecule has 0 unspecified atom stereocenters. The van der Waals surface area contributed by atoms with E-state index >= 15 is 0 Å². The van der Waals surface area contributed by atoms with Crippen LogP contribution in [0.25, 0.3) is 0 Å². The van der Waals surface area contributed by atoms with Crippen molar-refractivity contribution in [2.45, 2.75) is 51.6 Å². The second kappa shape index (κ2) is 8.37. The molecule has 1 aliphatic carbocycles. The van der Waals surface area contributed by atoms with E-state index in [-0.39, 0.29) is 17.9 Å². The van der Waals surface area contributed by atoms with Gasteiger partial charge in [-0.3, -0.25) is 9.59 Å². The zero-order chi connectivity index (χ0) is 17.6. The molecule has 1 heterocycles. The molecule has 136 valence electrons. The van der Waals surface area contributed by atoms with Gasteiger partial charge in [0.05, 0.1) is 11.7 Å². The molecule has 2 aliphatic rings. The van der Waals surface area contributed by atoms with Gasteiger partial charge in [0, 0.05) is 32.6 Å². The van der Waals surface area contributed by atoms with Gasteiger partial charge >= 0.3 is 0 Å². The number of para-hydroxylation sites is 1. The van der Waals surface area contributed by atoms with Gasteiger partial charge in [-0.25, -0.2) is 0 Å². The largest absolute Gasteiger partial charge is 0.490 e. The Morgan fingerprint density at radius 2 is 1.76 bits per heavy atom. The summed E-state index contributed by atoms with van der Waals surface area (Å²) in [5.74, 6) is 0.908. The van der Waals surface area contributed by atoms with Gasteiger partial charge in [0.25, 0.3) is 5.91 Å². The first-order valence-corrected chi connectivity index (χ1v) is 9.51. The summed E-state index contributed by atoms with van der Waals surface area (Å²) in [7, 11) is 0. The van der Waals surface area contributed by atoms with Crippen molar-refractivity contribution in [1.82, 2.24) is 9.80 Å². The number of benzene rings is 1. The first-order chi connectivity index (χ1) is 12.2. The number of carbonyl (C=O) groups excluding carboxylic acids is 2. The van der Waals surface area contributed by atoms with Gasteiger partial charge in [0.15, 0.2) is 0 Å². The fraction of sp³-hybridized carbons (Fsp3) is 0.600. The van der Waals surface area contributed by atoms with Gasteiger partial charge < -0.3 is 14.5 Å². The molecule has 2 fully saturated rings. The molecule has 25 heavy (non-hydrogen) atoms. The van der Waals surface area contributed by atoms with Gasteiger partial charge in [-0.05, 0) is 44.2 Å². The van der Waals surface area contributed by atoms with Crippen LogP contribution in [-0.4, -0.2) is 53.9 Å². The average molecular weight is 344 g/mol. The molecule has 1 saturated carbocycles. The highest BCUT2D eigenvalue weighted by atomic mass is 16.5. The second-order valence-corrected chi connectivity index (χ2v) is 6.94. The minimum atomic E-state index is 0.0136. The second-order valence-electron chi connectivity index (χ2n) is 6.94. The lowest BCUT2D eigenvalue weighted by atomic mass is 9.96. The lowest BCUT2D eigenvalue weighted by Gasteiger charge is -2.28. The molecule has 1 aliphatic heterocycles. The summed E-state index contributed by atoms with van der Waals surface area (Å²) in [4.78, 5) is 28.9. The van der Waals surface area contributed by atoms with Gasteiger partial charge in [-0.1, -0.05) is 19.1 Å². The maximum atomic E-state index is 13.0. The lowest BCUT2D eigenvalue weighted by Crippen LogP contribution is -2.37. The van der Waals surface area contributed by atoms with Crippen molar-refractivity contribution in [2.24, 2.45) is 0 Å². The van der Waals surface area contributed by atoms with E-state index in [1.54, 1.807) is 0 Å². The fourth-order valence-electron chi connectivity index (χ4n) is 3.33. The van der Waals surface area contributed by atoms with Crippen molar-refractivity contribution in [3.8, 4) is 5.75 Å². The Labute approximate surface area is 149 Å². The Kier molecular flexibility index (Phi) is 5.95. The molecule has 1 aromatic carbocycles. The van der Waals surface area contributed by atoms with Crippen LogP contribution in [0.3, 0.4) is 0 Å². The molecule has 0 spiro atoms. The normalized spacial score (nSPS) is 18.4. The van der Waals surface area contributed by atoms with E-state index in [1.165, 1.54) is 6.42 Å². The predicted molar refractivity (Wildman–Crippen MR) is 96.7 cm³/mol. The van der Waals surface area contributed by atoms with Crippen LogP contribution in [0.4, 0.5) is 0 Å². The molecule has 0 atom stereocenters. The third-order valence-electron chi connectivity index (χ3n) is 5.06. The molecule has 5 heteroatoms. The first kappa shape index (κ1) is 17.8. The molecule has 1 aromatic rings. The maximum absolute atomic E-state index is 13.0. The number of hydrogen-bond acceptors (Lipinski definition) is 3. The van der Waals surface area contributed by atoms with Crippen LogP contribution in [0.2, 0.25) is 0 Å². The molecule has 0 aromatic heterocycles. The molecule has 1 saturated heterocycles. The predicted octanol–water partition coefficient (Wildman–Crippen LogP) is 3.09. The number of rotatable bonds is 5. The highest BCUT2D eigenvalue weighted by molar-refractivity contribution is 5.97. The zero-order valence-corrected chi connectivity index (χ0v) is 15.1. The Hall–Kier alpha value is -2.04. The summed E-state index contributed by atoms with van der Waals surface area (Å²) in [5.41, 5.74) is 0.641. The van der Waals surface area contributed by atoms with E-state index in [1.807, 2.05) is 41.0 Å². The number of hydrogen-bond donors (Lipinski definition) is 0. The van der Waals surface area contributed by atoms with Crippen molar-refractivity contribution in [3.05, 3.63) is 29.8 Å². The zero-order valence-electron chi connectivity index (χ0n) is 15.1. The Morgan fingerprint density at radius 3 is 2.48 bits per heavy atom. The minimum Gasteiger partial charge on any atom is -0.490 e. The van der Waals surface area contributed by atoms with E-state index in [0.717, 1.165) is 32.2 Å². The number of ether oxygens (including phenoxy) is 1. The van der Waals surface area contributed by atoms with Crippen LogP contribution in [0.5, 0.6) is 5.75 Å². The Bertz CT molecular complexity index is 613. The molecule has 0 radical (unpaired) electrons. The van der Waals surface area contributed by atoms with Gasteiger partial charge in [-0.15, -0.1) is 0 Å². The summed E-state index contributed by atoms with van der Waals surface area (Å²) in [5, 5.41) is 0. The fourth-order valence-corrected chi connectivity index (χ4v) is 3.33. The first-order valence-electron chi connectivity index (χ1n) is 9.51. The SMILES string of the molecule is CCCC(=O)N1CCCN(C(=O)c2ccccc2OC2CCC2)CC1. The van der Waals surface area contributed by atoms with Crippen LogP contribution < -0.4 is 4.74 Å². The van der Waals surface area contributed by atoms with Crippen molar-refractivity contribution in [3.63, 3.8) is 0 Å². The third-order valence-corrected chi connectivity index (χ3v) is 5.06. The smallest absolute Gasteiger partial charge is 0.257 e. The van der Waals surface area contributed by atoms with E-state index in [9.17, 15) is 9.59 Å². The summed E-state index contributed by atoms with van der Waals surface area (Å²) < 4.78 is 6.00. The summed E-state index contributed by atoms with van der Waals surface area (Å²) in [6.45, 7) is 4.65. The highest BCUT2D eigenvalue weighted by Gasteiger charge is 2.26.